The maximum Gasteiger partial charge on any atom is 0.272 e. The van der Waals surface area contributed by atoms with E-state index in [4.69, 9.17) is 5.11 Å². The molecule has 5 nitrogen and oxygen atoms in total. The average Bonchev–Trinajstić information content (AvgIpc) is 2.48. The molecule has 0 aliphatic heterocycles. The molecule has 21 heavy (non-hydrogen) atoms. The Kier molecular flexibility index (Phi) is 4.90. The lowest BCUT2D eigenvalue weighted by molar-refractivity contribution is -0.385. The van der Waals surface area contributed by atoms with Crippen LogP contribution in [0, 0.1) is 17.0 Å². The van der Waals surface area contributed by atoms with E-state index in [-0.39, 0.29) is 17.2 Å². The van der Waals surface area contributed by atoms with Crippen molar-refractivity contribution < 1.29 is 10.0 Å². The van der Waals surface area contributed by atoms with E-state index in [0.29, 0.717) is 18.5 Å². The smallest absolute Gasteiger partial charge is 0.272 e. The number of nitro groups is 1. The van der Waals surface area contributed by atoms with Crippen molar-refractivity contribution in [1.29, 1.82) is 0 Å². The average molecular weight is 286 g/mol. The van der Waals surface area contributed by atoms with Crippen LogP contribution in [0.3, 0.4) is 0 Å². The third-order valence-electron chi connectivity index (χ3n) is 3.32. The Morgan fingerprint density at radius 1 is 1.14 bits per heavy atom. The molecular weight excluding hydrogens is 268 g/mol. The number of anilines is 1. The van der Waals surface area contributed by atoms with Crippen LogP contribution in [0.2, 0.25) is 0 Å². The van der Waals surface area contributed by atoms with Gasteiger partial charge in [0.05, 0.1) is 4.92 Å². The van der Waals surface area contributed by atoms with E-state index < -0.39 is 0 Å². The van der Waals surface area contributed by atoms with Crippen molar-refractivity contribution in [1.82, 2.24) is 0 Å². The quantitative estimate of drug-likeness (QED) is 0.632. The monoisotopic (exact) mass is 286 g/mol. The first-order chi connectivity index (χ1) is 10.1. The van der Waals surface area contributed by atoms with E-state index in [1.54, 1.807) is 19.1 Å². The van der Waals surface area contributed by atoms with Crippen LogP contribution in [0.1, 0.15) is 16.7 Å². The first kappa shape index (κ1) is 15.0. The molecule has 2 aromatic rings. The lowest BCUT2D eigenvalue weighted by atomic mass is 10.1. The van der Waals surface area contributed by atoms with Gasteiger partial charge in [0.1, 0.15) is 0 Å². The Morgan fingerprint density at radius 3 is 2.43 bits per heavy atom. The molecule has 0 heterocycles. The number of nitrogens with one attached hydrogen (secondary N) is 1. The zero-order valence-electron chi connectivity index (χ0n) is 11.9. The summed E-state index contributed by atoms with van der Waals surface area (Å²) >= 11 is 0. The van der Waals surface area contributed by atoms with Gasteiger partial charge in [-0.2, -0.15) is 0 Å². The van der Waals surface area contributed by atoms with Crippen molar-refractivity contribution >= 4 is 11.4 Å². The number of hydrogen-bond acceptors (Lipinski definition) is 4. The summed E-state index contributed by atoms with van der Waals surface area (Å²) in [5.41, 5.74) is 3.70. The van der Waals surface area contributed by atoms with Crippen molar-refractivity contribution in [2.24, 2.45) is 0 Å². The Labute approximate surface area is 123 Å². The Balaban J connectivity index is 2.02. The van der Waals surface area contributed by atoms with Gasteiger partial charge in [-0.15, -0.1) is 0 Å². The fourth-order valence-electron chi connectivity index (χ4n) is 2.08. The fraction of sp³-hybridized carbons (Fsp3) is 0.250. The number of aryl methyl sites for hydroxylation is 1. The summed E-state index contributed by atoms with van der Waals surface area (Å²) in [5.74, 6) is 0. The van der Waals surface area contributed by atoms with Gasteiger partial charge in [0, 0.05) is 30.5 Å². The van der Waals surface area contributed by atoms with Crippen LogP contribution in [0.15, 0.2) is 42.5 Å². The molecule has 2 aromatic carbocycles. The summed E-state index contributed by atoms with van der Waals surface area (Å²) in [6.45, 7) is 2.40. The van der Waals surface area contributed by atoms with Gasteiger partial charge in [-0.05, 0) is 36.6 Å². The van der Waals surface area contributed by atoms with Crippen LogP contribution in [0.4, 0.5) is 11.4 Å². The van der Waals surface area contributed by atoms with Gasteiger partial charge in [0.15, 0.2) is 0 Å². The van der Waals surface area contributed by atoms with Gasteiger partial charge < -0.3 is 10.4 Å². The second kappa shape index (κ2) is 6.85. The SMILES string of the molecule is Cc1ccc(CNc2ccc(CCO)cc2)cc1[N+](=O)[O-]. The summed E-state index contributed by atoms with van der Waals surface area (Å²) in [6, 6.07) is 13.0. The number of aliphatic hydroxyl groups excluding tert-OH is 1. The molecule has 2 N–H and O–H groups in total. The third-order valence-corrected chi connectivity index (χ3v) is 3.32. The summed E-state index contributed by atoms with van der Waals surface area (Å²) in [7, 11) is 0. The Hall–Kier alpha value is -2.40. The molecule has 0 bridgehead atoms. The highest BCUT2D eigenvalue weighted by Crippen LogP contribution is 2.20. The molecule has 0 aliphatic rings. The van der Waals surface area contributed by atoms with E-state index in [1.807, 2.05) is 30.3 Å². The molecule has 0 radical (unpaired) electrons. The molecule has 2 rings (SSSR count). The summed E-state index contributed by atoms with van der Waals surface area (Å²) in [6.07, 6.45) is 0.643. The number of aliphatic hydroxyl groups is 1. The molecule has 0 fully saturated rings. The minimum atomic E-state index is -0.359. The molecule has 0 spiro atoms. The van der Waals surface area contributed by atoms with E-state index >= 15 is 0 Å². The van der Waals surface area contributed by atoms with Gasteiger partial charge in [-0.3, -0.25) is 10.1 Å². The number of nitrogens with zero attached hydrogens (tertiary/aromatic N) is 1. The Morgan fingerprint density at radius 2 is 1.81 bits per heavy atom. The van der Waals surface area contributed by atoms with E-state index in [0.717, 1.165) is 16.8 Å². The molecular formula is C16H18N2O3. The second-order valence-corrected chi connectivity index (χ2v) is 4.90. The molecule has 0 atom stereocenters. The summed E-state index contributed by atoms with van der Waals surface area (Å²) in [4.78, 5) is 10.6. The minimum Gasteiger partial charge on any atom is -0.396 e. The third kappa shape index (κ3) is 4.03. The fourth-order valence-corrected chi connectivity index (χ4v) is 2.08. The van der Waals surface area contributed by atoms with Crippen molar-refractivity contribution in [3.63, 3.8) is 0 Å². The van der Waals surface area contributed by atoms with Crippen molar-refractivity contribution in [3.8, 4) is 0 Å². The maximum atomic E-state index is 10.9. The van der Waals surface area contributed by atoms with Gasteiger partial charge in [-0.25, -0.2) is 0 Å². The molecule has 0 saturated heterocycles. The molecule has 0 aromatic heterocycles. The van der Waals surface area contributed by atoms with E-state index in [1.165, 1.54) is 0 Å². The number of hydrogen-bond donors (Lipinski definition) is 2. The highest BCUT2D eigenvalue weighted by molar-refractivity contribution is 5.47. The molecule has 0 unspecified atom stereocenters. The van der Waals surface area contributed by atoms with Crippen molar-refractivity contribution in [2.45, 2.75) is 19.9 Å². The maximum absolute atomic E-state index is 10.9. The highest BCUT2D eigenvalue weighted by Gasteiger charge is 2.10. The largest absolute Gasteiger partial charge is 0.396 e. The summed E-state index contributed by atoms with van der Waals surface area (Å²) in [5, 5.41) is 23.0. The zero-order valence-corrected chi connectivity index (χ0v) is 11.9. The van der Waals surface area contributed by atoms with Gasteiger partial charge in [0.2, 0.25) is 0 Å². The first-order valence-electron chi connectivity index (χ1n) is 6.78. The summed E-state index contributed by atoms with van der Waals surface area (Å²) < 4.78 is 0. The Bertz CT molecular complexity index is 624. The van der Waals surface area contributed by atoms with Gasteiger partial charge in [-0.1, -0.05) is 24.3 Å². The second-order valence-electron chi connectivity index (χ2n) is 4.90. The van der Waals surface area contributed by atoms with Gasteiger partial charge >= 0.3 is 0 Å². The first-order valence-corrected chi connectivity index (χ1v) is 6.78. The normalized spacial score (nSPS) is 10.4. The zero-order chi connectivity index (χ0) is 15.2. The van der Waals surface area contributed by atoms with Crippen LogP contribution >= 0.6 is 0 Å². The van der Waals surface area contributed by atoms with Crippen LogP contribution in [-0.4, -0.2) is 16.6 Å². The minimum absolute atomic E-state index is 0.139. The topological polar surface area (TPSA) is 75.4 Å². The number of benzene rings is 2. The van der Waals surface area contributed by atoms with Crippen LogP contribution < -0.4 is 5.32 Å². The van der Waals surface area contributed by atoms with Gasteiger partial charge in [0.25, 0.3) is 5.69 Å². The van der Waals surface area contributed by atoms with Crippen LogP contribution in [-0.2, 0) is 13.0 Å². The lowest BCUT2D eigenvalue weighted by Crippen LogP contribution is -2.01. The number of rotatable bonds is 6. The van der Waals surface area contributed by atoms with Crippen molar-refractivity contribution in [3.05, 3.63) is 69.3 Å². The lowest BCUT2D eigenvalue weighted by Gasteiger charge is -2.08. The molecule has 0 saturated carbocycles. The molecule has 0 amide bonds. The molecule has 5 heteroatoms. The van der Waals surface area contributed by atoms with E-state index in [2.05, 4.69) is 5.32 Å². The number of nitro benzene ring substituents is 1. The predicted molar refractivity (Wildman–Crippen MR) is 82.4 cm³/mol. The predicted octanol–water partition coefficient (Wildman–Crippen LogP) is 3.05. The van der Waals surface area contributed by atoms with Crippen molar-refractivity contribution in [2.75, 3.05) is 11.9 Å². The van der Waals surface area contributed by atoms with Crippen LogP contribution in [0.25, 0.3) is 0 Å². The molecule has 0 aliphatic carbocycles. The van der Waals surface area contributed by atoms with Crippen LogP contribution in [0.5, 0.6) is 0 Å². The highest BCUT2D eigenvalue weighted by atomic mass is 16.6. The van der Waals surface area contributed by atoms with E-state index in [9.17, 15) is 10.1 Å². The molecule has 110 valence electrons. The standard InChI is InChI=1S/C16H18N2O3/c1-12-2-3-14(10-16(12)18(20)21)11-17-15-6-4-13(5-7-15)8-9-19/h2-7,10,17,19H,8-9,11H2,1H3.